The first-order chi connectivity index (χ1) is 9.74. The molecule has 0 bridgehead atoms. The van der Waals surface area contributed by atoms with E-state index in [4.69, 9.17) is 4.42 Å². The summed E-state index contributed by atoms with van der Waals surface area (Å²) in [4.78, 5) is 18.0. The van der Waals surface area contributed by atoms with Crippen molar-refractivity contribution in [2.24, 2.45) is 0 Å². The lowest BCUT2D eigenvalue weighted by Crippen LogP contribution is -2.40. The molecule has 5 heteroatoms. The van der Waals surface area contributed by atoms with Gasteiger partial charge in [-0.2, -0.15) is 0 Å². The molecule has 2 heterocycles. The van der Waals surface area contributed by atoms with Gasteiger partial charge in [-0.25, -0.2) is 4.98 Å². The number of oxazole rings is 1. The van der Waals surface area contributed by atoms with Crippen LogP contribution in [0.5, 0.6) is 0 Å². The van der Waals surface area contributed by atoms with Gasteiger partial charge in [-0.05, 0) is 25.0 Å². The number of hydrogen-bond donors (Lipinski definition) is 1. The molecule has 1 saturated heterocycles. The number of piperidine rings is 1. The Morgan fingerprint density at radius 1 is 1.25 bits per heavy atom. The van der Waals surface area contributed by atoms with E-state index in [-0.39, 0.29) is 12.0 Å². The Morgan fingerprint density at radius 2 is 1.95 bits per heavy atom. The fraction of sp³-hybridized carbons (Fsp3) is 0.333. The molecule has 0 unspecified atom stereocenters. The van der Waals surface area contributed by atoms with Gasteiger partial charge < -0.3 is 14.4 Å². The molecule has 2 aromatic rings. The van der Waals surface area contributed by atoms with Crippen LogP contribution in [-0.2, 0) is 0 Å². The second-order valence-electron chi connectivity index (χ2n) is 4.97. The van der Waals surface area contributed by atoms with Crippen LogP contribution in [0.2, 0.25) is 0 Å². The molecule has 0 saturated carbocycles. The van der Waals surface area contributed by atoms with Gasteiger partial charge in [-0.1, -0.05) is 12.1 Å². The Morgan fingerprint density at radius 3 is 2.55 bits per heavy atom. The molecular formula is C15H16N2O3. The molecule has 20 heavy (non-hydrogen) atoms. The van der Waals surface area contributed by atoms with Crippen molar-refractivity contribution in [3.8, 4) is 11.3 Å². The summed E-state index contributed by atoms with van der Waals surface area (Å²) in [5.41, 5.74) is 1.55. The molecule has 1 aliphatic rings. The van der Waals surface area contributed by atoms with E-state index in [1.165, 1.54) is 6.39 Å². The van der Waals surface area contributed by atoms with Crippen molar-refractivity contribution < 1.29 is 14.3 Å². The third-order valence-corrected chi connectivity index (χ3v) is 3.60. The van der Waals surface area contributed by atoms with Crippen LogP contribution in [-0.4, -0.2) is 40.1 Å². The van der Waals surface area contributed by atoms with Crippen molar-refractivity contribution in [2.45, 2.75) is 18.9 Å². The zero-order valence-electron chi connectivity index (χ0n) is 11.0. The van der Waals surface area contributed by atoms with Crippen LogP contribution >= 0.6 is 0 Å². The van der Waals surface area contributed by atoms with Crippen molar-refractivity contribution in [3.05, 3.63) is 42.4 Å². The molecule has 5 nitrogen and oxygen atoms in total. The van der Waals surface area contributed by atoms with Crippen LogP contribution in [0.1, 0.15) is 23.2 Å². The van der Waals surface area contributed by atoms with E-state index < -0.39 is 0 Å². The number of carbonyl (C=O) groups excluding carboxylic acids is 1. The summed E-state index contributed by atoms with van der Waals surface area (Å²) < 4.78 is 5.21. The molecule has 0 spiro atoms. The maximum atomic E-state index is 12.3. The van der Waals surface area contributed by atoms with Gasteiger partial charge in [0.15, 0.2) is 12.2 Å². The Labute approximate surface area is 116 Å². The second kappa shape index (κ2) is 5.46. The second-order valence-corrected chi connectivity index (χ2v) is 4.97. The lowest BCUT2D eigenvalue weighted by Gasteiger charge is -2.29. The topological polar surface area (TPSA) is 66.6 Å². The summed E-state index contributed by atoms with van der Waals surface area (Å²) in [6, 6.07) is 7.30. The number of aliphatic hydroxyl groups excluding tert-OH is 1. The normalized spacial score (nSPS) is 16.4. The van der Waals surface area contributed by atoms with E-state index in [2.05, 4.69) is 4.98 Å². The van der Waals surface area contributed by atoms with Crippen LogP contribution < -0.4 is 0 Å². The summed E-state index contributed by atoms with van der Waals surface area (Å²) >= 11 is 0. The van der Waals surface area contributed by atoms with E-state index in [0.29, 0.717) is 37.3 Å². The van der Waals surface area contributed by atoms with Crippen LogP contribution in [0.25, 0.3) is 11.3 Å². The molecule has 0 radical (unpaired) electrons. The Kier molecular flexibility index (Phi) is 3.52. The van der Waals surface area contributed by atoms with Gasteiger partial charge in [0, 0.05) is 24.2 Å². The lowest BCUT2D eigenvalue weighted by atomic mass is 10.1. The quantitative estimate of drug-likeness (QED) is 0.907. The number of aromatic nitrogens is 1. The molecule has 1 fully saturated rings. The molecular weight excluding hydrogens is 256 g/mol. The Bertz CT molecular complexity index is 570. The number of likely N-dealkylation sites (tertiary alicyclic amines) is 1. The fourth-order valence-corrected chi connectivity index (χ4v) is 2.39. The van der Waals surface area contributed by atoms with Crippen molar-refractivity contribution in [2.75, 3.05) is 13.1 Å². The average molecular weight is 272 g/mol. The SMILES string of the molecule is O=C(c1ccc(-c2cnco2)cc1)N1CCC(O)CC1. The predicted octanol–water partition coefficient (Wildman–Crippen LogP) is 1.94. The largest absolute Gasteiger partial charge is 0.444 e. The molecule has 1 aromatic heterocycles. The van der Waals surface area contributed by atoms with Crippen LogP contribution in [0.15, 0.2) is 41.3 Å². The lowest BCUT2D eigenvalue weighted by molar-refractivity contribution is 0.0546. The van der Waals surface area contributed by atoms with Crippen molar-refractivity contribution in [1.29, 1.82) is 0 Å². The molecule has 0 aliphatic carbocycles. The Hall–Kier alpha value is -2.14. The zero-order chi connectivity index (χ0) is 13.9. The highest BCUT2D eigenvalue weighted by Gasteiger charge is 2.22. The highest BCUT2D eigenvalue weighted by molar-refractivity contribution is 5.94. The first kappa shape index (κ1) is 12.9. The molecule has 0 atom stereocenters. The number of carbonyl (C=O) groups is 1. The minimum absolute atomic E-state index is 0.0148. The summed E-state index contributed by atoms with van der Waals surface area (Å²) in [5.74, 6) is 0.700. The highest BCUT2D eigenvalue weighted by atomic mass is 16.3. The van der Waals surface area contributed by atoms with Crippen molar-refractivity contribution >= 4 is 5.91 Å². The van der Waals surface area contributed by atoms with Crippen LogP contribution in [0.4, 0.5) is 0 Å². The molecule has 1 aliphatic heterocycles. The number of rotatable bonds is 2. The van der Waals surface area contributed by atoms with Crippen molar-refractivity contribution in [1.82, 2.24) is 9.88 Å². The minimum Gasteiger partial charge on any atom is -0.444 e. The zero-order valence-corrected chi connectivity index (χ0v) is 11.0. The van der Waals surface area contributed by atoms with Gasteiger partial charge in [0.1, 0.15) is 0 Å². The molecule has 1 aromatic carbocycles. The number of hydrogen-bond acceptors (Lipinski definition) is 4. The van der Waals surface area contributed by atoms with Crippen molar-refractivity contribution in [3.63, 3.8) is 0 Å². The van der Waals surface area contributed by atoms with Gasteiger partial charge >= 0.3 is 0 Å². The van der Waals surface area contributed by atoms with Crippen LogP contribution in [0.3, 0.4) is 0 Å². The fourth-order valence-electron chi connectivity index (χ4n) is 2.39. The third kappa shape index (κ3) is 2.58. The highest BCUT2D eigenvalue weighted by Crippen LogP contribution is 2.20. The minimum atomic E-state index is -0.270. The number of amides is 1. The first-order valence-electron chi connectivity index (χ1n) is 6.70. The van der Waals surface area contributed by atoms with E-state index in [1.807, 2.05) is 12.1 Å². The summed E-state index contributed by atoms with van der Waals surface area (Å²) in [7, 11) is 0. The van der Waals surface area contributed by atoms with E-state index in [9.17, 15) is 9.90 Å². The molecule has 1 N–H and O–H groups in total. The third-order valence-electron chi connectivity index (χ3n) is 3.60. The number of nitrogens with zero attached hydrogens (tertiary/aromatic N) is 2. The average Bonchev–Trinajstić information content (AvgIpc) is 3.02. The molecule has 1 amide bonds. The summed E-state index contributed by atoms with van der Waals surface area (Å²) in [6.07, 6.45) is 4.06. The molecule has 104 valence electrons. The predicted molar refractivity (Wildman–Crippen MR) is 73.1 cm³/mol. The molecule has 3 rings (SSSR count). The number of aliphatic hydroxyl groups is 1. The summed E-state index contributed by atoms with van der Waals surface area (Å²) in [5, 5.41) is 9.47. The van der Waals surface area contributed by atoms with E-state index >= 15 is 0 Å². The van der Waals surface area contributed by atoms with Gasteiger partial charge in [-0.3, -0.25) is 4.79 Å². The standard InChI is InChI=1S/C15H16N2O3/c18-13-5-7-17(8-6-13)15(19)12-3-1-11(2-4-12)14-9-16-10-20-14/h1-4,9-10,13,18H,5-8H2. The van der Waals surface area contributed by atoms with Gasteiger partial charge in [-0.15, -0.1) is 0 Å². The van der Waals surface area contributed by atoms with Crippen LogP contribution in [0, 0.1) is 0 Å². The number of benzene rings is 1. The van der Waals surface area contributed by atoms with Gasteiger partial charge in [0.25, 0.3) is 5.91 Å². The maximum Gasteiger partial charge on any atom is 0.253 e. The van der Waals surface area contributed by atoms with Gasteiger partial charge in [0.05, 0.1) is 12.3 Å². The summed E-state index contributed by atoms with van der Waals surface area (Å²) in [6.45, 7) is 1.23. The maximum absolute atomic E-state index is 12.3. The van der Waals surface area contributed by atoms with E-state index in [0.717, 1.165) is 5.56 Å². The van der Waals surface area contributed by atoms with Gasteiger partial charge in [0.2, 0.25) is 0 Å². The van der Waals surface area contributed by atoms with E-state index in [1.54, 1.807) is 23.2 Å². The smallest absolute Gasteiger partial charge is 0.253 e. The Balaban J connectivity index is 1.73. The monoisotopic (exact) mass is 272 g/mol. The first-order valence-corrected chi connectivity index (χ1v) is 6.70.